The second-order valence-corrected chi connectivity index (χ2v) is 6.56. The third kappa shape index (κ3) is 3.46. The number of carbonyl (C=O) groups excluding carboxylic acids is 1. The Kier molecular flexibility index (Phi) is 5.04. The lowest BCUT2D eigenvalue weighted by Gasteiger charge is -2.35. The fourth-order valence-electron chi connectivity index (χ4n) is 3.11. The van der Waals surface area contributed by atoms with Crippen LogP contribution in [0.3, 0.4) is 0 Å². The number of aliphatic hydroxyl groups is 1. The second-order valence-electron chi connectivity index (χ2n) is 6.56. The van der Waals surface area contributed by atoms with Crippen LogP contribution in [0.1, 0.15) is 73.7 Å². The molecule has 1 aromatic rings. The van der Waals surface area contributed by atoms with Crippen molar-refractivity contribution in [2.75, 3.05) is 13.2 Å². The van der Waals surface area contributed by atoms with Gasteiger partial charge in [0, 0.05) is 17.9 Å². The summed E-state index contributed by atoms with van der Waals surface area (Å²) in [6.07, 6.45) is 5.42. The fourth-order valence-corrected chi connectivity index (χ4v) is 3.11. The van der Waals surface area contributed by atoms with Crippen molar-refractivity contribution in [3.63, 3.8) is 0 Å². The van der Waals surface area contributed by atoms with Gasteiger partial charge in [0.25, 0.3) is 5.91 Å². The van der Waals surface area contributed by atoms with Crippen LogP contribution >= 0.6 is 0 Å². The predicted molar refractivity (Wildman–Crippen MR) is 80.3 cm³/mol. The summed E-state index contributed by atoms with van der Waals surface area (Å²) in [6.45, 7) is 6.39. The van der Waals surface area contributed by atoms with E-state index in [0.717, 1.165) is 25.7 Å². The third-order valence-electron chi connectivity index (χ3n) is 4.51. The maximum atomic E-state index is 12.5. The van der Waals surface area contributed by atoms with E-state index in [1.807, 2.05) is 13.8 Å². The molecule has 1 aliphatic rings. The van der Waals surface area contributed by atoms with Crippen molar-refractivity contribution in [3.8, 4) is 0 Å². The van der Waals surface area contributed by atoms with E-state index < -0.39 is 0 Å². The normalized spacial score (nSPS) is 18.0. The van der Waals surface area contributed by atoms with Crippen LogP contribution in [0.2, 0.25) is 0 Å². The van der Waals surface area contributed by atoms with Crippen molar-refractivity contribution in [1.29, 1.82) is 0 Å². The van der Waals surface area contributed by atoms with Gasteiger partial charge in [0.2, 0.25) is 0 Å². The van der Waals surface area contributed by atoms with Gasteiger partial charge in [-0.1, -0.05) is 38.3 Å². The standard InChI is InChI=1S/C16H26N2O3/c1-11(2)14-13(12(3)18-21-14)15(20)17-9-16(10-19)7-5-4-6-8-16/h11,19H,4-10H2,1-3H3,(H,17,20). The number of hydrogen-bond acceptors (Lipinski definition) is 4. The number of nitrogens with one attached hydrogen (secondary N) is 1. The smallest absolute Gasteiger partial charge is 0.256 e. The minimum Gasteiger partial charge on any atom is -0.396 e. The molecule has 0 aromatic carbocycles. The SMILES string of the molecule is Cc1noc(C(C)C)c1C(=O)NCC1(CO)CCCCC1. The van der Waals surface area contributed by atoms with Crippen molar-refractivity contribution in [2.45, 2.75) is 58.8 Å². The van der Waals surface area contributed by atoms with E-state index in [4.69, 9.17) is 4.52 Å². The van der Waals surface area contributed by atoms with E-state index in [9.17, 15) is 9.90 Å². The molecule has 0 bridgehead atoms. The Balaban J connectivity index is 2.06. The molecule has 2 rings (SSSR count). The van der Waals surface area contributed by atoms with Crippen molar-refractivity contribution in [3.05, 3.63) is 17.0 Å². The first kappa shape index (κ1) is 16.0. The van der Waals surface area contributed by atoms with Crippen LogP contribution in [0.4, 0.5) is 0 Å². The lowest BCUT2D eigenvalue weighted by Crippen LogP contribution is -2.41. The average Bonchev–Trinajstić information content (AvgIpc) is 2.88. The fraction of sp³-hybridized carbons (Fsp3) is 0.750. The molecule has 118 valence electrons. The number of aryl methyl sites for hydroxylation is 1. The van der Waals surface area contributed by atoms with Crippen molar-refractivity contribution in [2.24, 2.45) is 5.41 Å². The largest absolute Gasteiger partial charge is 0.396 e. The molecule has 1 fully saturated rings. The Morgan fingerprint density at radius 1 is 1.38 bits per heavy atom. The highest BCUT2D eigenvalue weighted by Crippen LogP contribution is 2.35. The van der Waals surface area contributed by atoms with E-state index in [0.29, 0.717) is 23.6 Å². The summed E-state index contributed by atoms with van der Waals surface area (Å²) in [5.41, 5.74) is 1.02. The van der Waals surface area contributed by atoms with Gasteiger partial charge in [0.05, 0.1) is 12.3 Å². The Morgan fingerprint density at radius 3 is 2.62 bits per heavy atom. The molecule has 21 heavy (non-hydrogen) atoms. The summed E-state index contributed by atoms with van der Waals surface area (Å²) >= 11 is 0. The highest BCUT2D eigenvalue weighted by atomic mass is 16.5. The van der Waals surface area contributed by atoms with E-state index in [-0.39, 0.29) is 23.8 Å². The molecule has 1 saturated carbocycles. The topological polar surface area (TPSA) is 75.4 Å². The van der Waals surface area contributed by atoms with Gasteiger partial charge in [-0.2, -0.15) is 0 Å². The van der Waals surface area contributed by atoms with Crippen LogP contribution in [-0.2, 0) is 0 Å². The molecule has 1 heterocycles. The summed E-state index contributed by atoms with van der Waals surface area (Å²) in [6, 6.07) is 0. The zero-order valence-corrected chi connectivity index (χ0v) is 13.2. The van der Waals surface area contributed by atoms with E-state index >= 15 is 0 Å². The molecular formula is C16H26N2O3. The lowest BCUT2D eigenvalue weighted by atomic mass is 9.74. The number of aromatic nitrogens is 1. The number of amides is 1. The molecule has 5 heteroatoms. The van der Waals surface area contributed by atoms with Gasteiger partial charge >= 0.3 is 0 Å². The zero-order chi connectivity index (χ0) is 15.5. The molecular weight excluding hydrogens is 268 g/mol. The summed E-state index contributed by atoms with van der Waals surface area (Å²) in [5, 5.41) is 16.6. The first-order chi connectivity index (χ1) is 9.99. The molecule has 1 amide bonds. The van der Waals surface area contributed by atoms with Gasteiger partial charge < -0.3 is 14.9 Å². The highest BCUT2D eigenvalue weighted by Gasteiger charge is 2.32. The first-order valence-corrected chi connectivity index (χ1v) is 7.84. The number of carbonyl (C=O) groups is 1. The van der Waals surface area contributed by atoms with Crippen LogP contribution < -0.4 is 5.32 Å². The molecule has 0 unspecified atom stereocenters. The average molecular weight is 294 g/mol. The van der Waals surface area contributed by atoms with Crippen molar-refractivity contribution in [1.82, 2.24) is 10.5 Å². The van der Waals surface area contributed by atoms with Crippen LogP contribution in [0.25, 0.3) is 0 Å². The minimum atomic E-state index is -0.156. The van der Waals surface area contributed by atoms with Gasteiger partial charge in [-0.25, -0.2) is 0 Å². The molecule has 2 N–H and O–H groups in total. The van der Waals surface area contributed by atoms with Gasteiger partial charge in [-0.05, 0) is 19.8 Å². The van der Waals surface area contributed by atoms with Crippen LogP contribution in [0.5, 0.6) is 0 Å². The predicted octanol–water partition coefficient (Wildman–Crippen LogP) is 2.78. The minimum absolute atomic E-state index is 0.119. The number of rotatable bonds is 5. The third-order valence-corrected chi connectivity index (χ3v) is 4.51. The maximum Gasteiger partial charge on any atom is 0.256 e. The zero-order valence-electron chi connectivity index (χ0n) is 13.2. The van der Waals surface area contributed by atoms with Gasteiger partial charge in [-0.3, -0.25) is 4.79 Å². The number of aliphatic hydroxyl groups excluding tert-OH is 1. The molecule has 1 aliphatic carbocycles. The summed E-state index contributed by atoms with van der Waals surface area (Å²) in [5.74, 6) is 0.607. The Morgan fingerprint density at radius 2 is 2.05 bits per heavy atom. The monoisotopic (exact) mass is 294 g/mol. The summed E-state index contributed by atoms with van der Waals surface area (Å²) < 4.78 is 5.26. The van der Waals surface area contributed by atoms with Crippen LogP contribution in [-0.4, -0.2) is 29.3 Å². The molecule has 0 radical (unpaired) electrons. The first-order valence-electron chi connectivity index (χ1n) is 7.84. The summed E-state index contributed by atoms with van der Waals surface area (Å²) in [7, 11) is 0. The molecule has 0 saturated heterocycles. The number of hydrogen-bond donors (Lipinski definition) is 2. The lowest BCUT2D eigenvalue weighted by molar-refractivity contribution is 0.0716. The van der Waals surface area contributed by atoms with Gasteiger partial charge in [0.15, 0.2) is 5.76 Å². The Hall–Kier alpha value is -1.36. The molecule has 0 aliphatic heterocycles. The quantitative estimate of drug-likeness (QED) is 0.875. The Bertz CT molecular complexity index is 488. The molecule has 0 atom stereocenters. The highest BCUT2D eigenvalue weighted by molar-refractivity contribution is 5.96. The number of nitrogens with zero attached hydrogens (tertiary/aromatic N) is 1. The summed E-state index contributed by atoms with van der Waals surface area (Å²) in [4.78, 5) is 12.5. The molecule has 0 spiro atoms. The molecule has 5 nitrogen and oxygen atoms in total. The van der Waals surface area contributed by atoms with Crippen LogP contribution in [0, 0.1) is 12.3 Å². The Labute approximate surface area is 126 Å². The van der Waals surface area contributed by atoms with Gasteiger partial charge in [-0.15, -0.1) is 0 Å². The second kappa shape index (κ2) is 6.60. The molecule has 1 aromatic heterocycles. The van der Waals surface area contributed by atoms with Gasteiger partial charge in [0.1, 0.15) is 5.56 Å². The van der Waals surface area contributed by atoms with Crippen molar-refractivity contribution < 1.29 is 14.4 Å². The van der Waals surface area contributed by atoms with E-state index in [2.05, 4.69) is 10.5 Å². The maximum absolute atomic E-state index is 12.5. The van der Waals surface area contributed by atoms with E-state index in [1.54, 1.807) is 6.92 Å². The van der Waals surface area contributed by atoms with Crippen molar-refractivity contribution >= 4 is 5.91 Å². The van der Waals surface area contributed by atoms with Crippen LogP contribution in [0.15, 0.2) is 4.52 Å². The van der Waals surface area contributed by atoms with E-state index in [1.165, 1.54) is 6.42 Å².